The van der Waals surface area contributed by atoms with Crippen LogP contribution in [0.2, 0.25) is 0 Å². The third kappa shape index (κ3) is 6.37. The van der Waals surface area contributed by atoms with Gasteiger partial charge in [-0.15, -0.1) is 0 Å². The first-order valence-corrected chi connectivity index (χ1v) is 6.97. The first-order valence-electron chi connectivity index (χ1n) is 6.97. The van der Waals surface area contributed by atoms with E-state index in [1.807, 2.05) is 0 Å². The zero-order valence-electron chi connectivity index (χ0n) is 13.3. The number of ether oxygens (including phenoxy) is 2. The number of hydrogen-bond acceptors (Lipinski definition) is 12. The summed E-state index contributed by atoms with van der Waals surface area (Å²) in [5, 5.41) is 86.3. The van der Waals surface area contributed by atoms with Crippen molar-refractivity contribution in [2.24, 2.45) is 0 Å². The average molecular weight is 396 g/mol. The number of aliphatic carboxylic acids is 1. The molecule has 1 saturated heterocycles. The van der Waals surface area contributed by atoms with Gasteiger partial charge in [-0.1, -0.05) is 0 Å². The molecule has 1 rings (SSSR count). The number of hydrogen-bond donors (Lipinski definition) is 8. The Morgan fingerprint density at radius 1 is 1.08 bits per heavy atom. The van der Waals surface area contributed by atoms with Crippen molar-refractivity contribution >= 4 is 5.97 Å². The minimum Gasteiger partial charge on any atom is -0.547 e. The van der Waals surface area contributed by atoms with Gasteiger partial charge in [-0.3, -0.25) is 0 Å². The molecule has 8 N–H and O–H groups in total. The second kappa shape index (κ2) is 11.5. The number of rotatable bonds is 8. The molecule has 12 nitrogen and oxygen atoms in total. The zero-order valence-corrected chi connectivity index (χ0v) is 16.4. The normalized spacial score (nSPS) is 34.5. The fourth-order valence-corrected chi connectivity index (χ4v) is 2.16. The molecular weight excluding hydrogens is 375 g/mol. The van der Waals surface area contributed by atoms with Gasteiger partial charge in [-0.25, -0.2) is 0 Å². The Kier molecular flexibility index (Phi) is 11.9. The van der Waals surface area contributed by atoms with Crippen molar-refractivity contribution in [1.29, 1.82) is 0 Å². The van der Waals surface area contributed by atoms with Gasteiger partial charge in [-0.2, -0.15) is 0 Å². The van der Waals surface area contributed by atoms with Gasteiger partial charge in [0, 0.05) is 0 Å². The second-order valence-electron chi connectivity index (χ2n) is 5.30. The van der Waals surface area contributed by atoms with E-state index in [2.05, 4.69) is 0 Å². The van der Waals surface area contributed by atoms with Crippen LogP contribution < -0.4 is 56.5 Å². The molecule has 1 fully saturated rings. The molecule has 13 heteroatoms. The standard InChI is InChI=1S/C12H22O12.K/c13-1-3(15)10(7(18)8(19)11(21)22)24-12-9(20)6(17)5(16)4(2-14)23-12;/h3-10,12-20H,1-2H2,(H,21,22);/q;+1/p-1. The van der Waals surface area contributed by atoms with E-state index >= 15 is 0 Å². The SMILES string of the molecule is O=C([O-])C(O)C(O)C(OC1OC(CO)C(O)C(O)C1O)C(O)CO.[K+]. The summed E-state index contributed by atoms with van der Waals surface area (Å²) in [4.78, 5) is 10.6. The molecule has 25 heavy (non-hydrogen) atoms. The van der Waals surface area contributed by atoms with Gasteiger partial charge in [0.1, 0.15) is 48.8 Å². The van der Waals surface area contributed by atoms with Crippen molar-refractivity contribution in [3.8, 4) is 0 Å². The van der Waals surface area contributed by atoms with Crippen molar-refractivity contribution in [2.75, 3.05) is 13.2 Å². The van der Waals surface area contributed by atoms with Gasteiger partial charge in [-0.05, 0) is 0 Å². The van der Waals surface area contributed by atoms with Gasteiger partial charge in [0.05, 0.1) is 19.2 Å². The third-order valence-corrected chi connectivity index (χ3v) is 3.61. The molecule has 0 aromatic rings. The maximum Gasteiger partial charge on any atom is 1.00 e. The van der Waals surface area contributed by atoms with Crippen LogP contribution in [-0.2, 0) is 14.3 Å². The van der Waals surface area contributed by atoms with E-state index in [1.165, 1.54) is 0 Å². The Morgan fingerprint density at radius 3 is 2.08 bits per heavy atom. The van der Waals surface area contributed by atoms with Gasteiger partial charge in [0.25, 0.3) is 0 Å². The summed E-state index contributed by atoms with van der Waals surface area (Å²) < 4.78 is 9.94. The third-order valence-electron chi connectivity index (χ3n) is 3.61. The first-order chi connectivity index (χ1) is 11.1. The molecule has 1 heterocycles. The molecule has 9 atom stereocenters. The number of carbonyl (C=O) groups is 1. The first kappa shape index (κ1) is 25.7. The fraction of sp³-hybridized carbons (Fsp3) is 0.917. The van der Waals surface area contributed by atoms with E-state index in [1.54, 1.807) is 0 Å². The van der Waals surface area contributed by atoms with Crippen molar-refractivity contribution < 1.29 is 112 Å². The molecule has 0 radical (unpaired) electrons. The maximum absolute atomic E-state index is 10.6. The smallest absolute Gasteiger partial charge is 0.547 e. The molecule has 0 aromatic heterocycles. The minimum absolute atomic E-state index is 0. The summed E-state index contributed by atoms with van der Waals surface area (Å²) in [6, 6.07) is 0. The molecule has 0 bridgehead atoms. The van der Waals surface area contributed by atoms with Crippen LogP contribution in [0.4, 0.5) is 0 Å². The fourth-order valence-electron chi connectivity index (χ4n) is 2.16. The summed E-state index contributed by atoms with van der Waals surface area (Å²) in [6.07, 6.45) is -17.3. The predicted molar refractivity (Wildman–Crippen MR) is 68.8 cm³/mol. The topological polar surface area (TPSA) is 220 Å². The van der Waals surface area contributed by atoms with E-state index in [0.29, 0.717) is 0 Å². The Morgan fingerprint density at radius 2 is 1.64 bits per heavy atom. The predicted octanol–water partition coefficient (Wildman–Crippen LogP) is -10.00. The molecule has 142 valence electrons. The zero-order chi connectivity index (χ0) is 18.6. The molecule has 1 aliphatic rings. The van der Waals surface area contributed by atoms with Gasteiger partial charge in [0.2, 0.25) is 0 Å². The summed E-state index contributed by atoms with van der Waals surface area (Å²) in [7, 11) is 0. The monoisotopic (exact) mass is 396 g/mol. The molecule has 1 aliphatic heterocycles. The molecule has 0 aliphatic carbocycles. The molecule has 0 saturated carbocycles. The summed E-state index contributed by atoms with van der Waals surface area (Å²) in [5.74, 6) is -2.09. The second-order valence-corrected chi connectivity index (χ2v) is 5.30. The van der Waals surface area contributed by atoms with Crippen LogP contribution >= 0.6 is 0 Å². The van der Waals surface area contributed by atoms with Crippen molar-refractivity contribution in [2.45, 2.75) is 55.1 Å². The minimum atomic E-state index is -2.50. The van der Waals surface area contributed by atoms with E-state index in [9.17, 15) is 40.5 Å². The Labute approximate surface area is 184 Å². The largest absolute Gasteiger partial charge is 1.00 e. The molecule has 0 aromatic carbocycles. The van der Waals surface area contributed by atoms with Crippen LogP contribution in [0.15, 0.2) is 0 Å². The number of aliphatic hydroxyl groups is 8. The van der Waals surface area contributed by atoms with Crippen molar-refractivity contribution in [3.63, 3.8) is 0 Å². The van der Waals surface area contributed by atoms with E-state index < -0.39 is 74.3 Å². The summed E-state index contributed by atoms with van der Waals surface area (Å²) in [6.45, 7) is -1.79. The van der Waals surface area contributed by atoms with Crippen LogP contribution in [-0.4, -0.2) is 115 Å². The Bertz CT molecular complexity index is 410. The van der Waals surface area contributed by atoms with Crippen molar-refractivity contribution in [3.05, 3.63) is 0 Å². The van der Waals surface area contributed by atoms with Crippen LogP contribution in [0.5, 0.6) is 0 Å². The maximum atomic E-state index is 10.6. The van der Waals surface area contributed by atoms with Crippen molar-refractivity contribution in [1.82, 2.24) is 0 Å². The quantitative estimate of drug-likeness (QED) is 0.179. The van der Waals surface area contributed by atoms with Crippen LogP contribution in [0.3, 0.4) is 0 Å². The summed E-state index contributed by atoms with van der Waals surface area (Å²) in [5.41, 5.74) is 0. The number of aliphatic hydroxyl groups excluding tert-OH is 8. The number of carbonyl (C=O) groups excluding carboxylic acids is 1. The number of carboxylic acids is 1. The van der Waals surface area contributed by atoms with E-state index in [4.69, 9.17) is 19.7 Å². The molecular formula is C12H21KO12. The summed E-state index contributed by atoms with van der Waals surface area (Å²) >= 11 is 0. The van der Waals surface area contributed by atoms with E-state index in [-0.39, 0.29) is 51.4 Å². The van der Waals surface area contributed by atoms with E-state index in [0.717, 1.165) is 0 Å². The Hall–Kier alpha value is 0.706. The Balaban J connectivity index is 0.00000576. The van der Waals surface area contributed by atoms with Gasteiger partial charge < -0.3 is 60.2 Å². The number of carboxylic acid groups (broad SMARTS) is 1. The molecule has 0 spiro atoms. The molecule has 0 amide bonds. The van der Waals surface area contributed by atoms with Crippen LogP contribution in [0.1, 0.15) is 0 Å². The van der Waals surface area contributed by atoms with Crippen LogP contribution in [0.25, 0.3) is 0 Å². The van der Waals surface area contributed by atoms with Crippen LogP contribution in [0, 0.1) is 0 Å². The average Bonchev–Trinajstić information content (AvgIpc) is 2.57. The van der Waals surface area contributed by atoms with Gasteiger partial charge >= 0.3 is 51.4 Å². The molecule has 9 unspecified atom stereocenters. The van der Waals surface area contributed by atoms with Gasteiger partial charge in [0.15, 0.2) is 6.29 Å².